The number of carbonyl (C=O) groups is 2. The van der Waals surface area contributed by atoms with Crippen molar-refractivity contribution in [3.05, 3.63) is 70.9 Å². The van der Waals surface area contributed by atoms with Gasteiger partial charge in [0.25, 0.3) is 0 Å². The van der Waals surface area contributed by atoms with E-state index in [2.05, 4.69) is 33.1 Å². The number of nitrogens with zero attached hydrogens (tertiary/aromatic N) is 1. The summed E-state index contributed by atoms with van der Waals surface area (Å²) in [6.07, 6.45) is 5.50. The first-order valence-corrected chi connectivity index (χ1v) is 11.7. The van der Waals surface area contributed by atoms with E-state index in [0.29, 0.717) is 17.1 Å². The van der Waals surface area contributed by atoms with Crippen LogP contribution in [0, 0.1) is 12.8 Å². The van der Waals surface area contributed by atoms with Gasteiger partial charge in [0.05, 0.1) is 11.3 Å². The zero-order valence-electron chi connectivity index (χ0n) is 19.1. The van der Waals surface area contributed by atoms with Crippen molar-refractivity contribution in [3.8, 4) is 5.75 Å². The van der Waals surface area contributed by atoms with Gasteiger partial charge in [-0.3, -0.25) is 9.59 Å². The van der Waals surface area contributed by atoms with E-state index in [9.17, 15) is 14.7 Å². The van der Waals surface area contributed by atoms with Gasteiger partial charge < -0.3 is 21.1 Å². The summed E-state index contributed by atoms with van der Waals surface area (Å²) in [6.45, 7) is 2.72. The molecular weight excluding hydrogens is 428 g/mol. The highest BCUT2D eigenvalue weighted by Crippen LogP contribution is 2.35. The number of nitrogens with one attached hydrogen (secondary N) is 3. The smallest absolute Gasteiger partial charge is 0.223 e. The number of hydrogen-bond donors (Lipinski definition) is 4. The maximum absolute atomic E-state index is 13.4. The van der Waals surface area contributed by atoms with Crippen LogP contribution in [0.4, 0.5) is 22.9 Å². The minimum Gasteiger partial charge on any atom is -0.508 e. The molecule has 0 aliphatic carbocycles. The molecule has 5 rings (SSSR count). The zero-order valence-corrected chi connectivity index (χ0v) is 19.1. The second-order valence-corrected chi connectivity index (χ2v) is 9.09. The van der Waals surface area contributed by atoms with E-state index in [0.717, 1.165) is 60.3 Å². The number of phenolic OH excluding ortho intramolecular Hbond substituents is 1. The highest BCUT2D eigenvalue weighted by Gasteiger charge is 2.25. The van der Waals surface area contributed by atoms with Gasteiger partial charge in [0.2, 0.25) is 5.91 Å². The number of amides is 1. The predicted molar refractivity (Wildman–Crippen MR) is 132 cm³/mol. The topological polar surface area (TPSA) is 103 Å². The lowest BCUT2D eigenvalue weighted by Gasteiger charge is -2.21. The van der Waals surface area contributed by atoms with E-state index < -0.39 is 0 Å². The first kappa shape index (κ1) is 21.9. The number of carbonyl (C=O) groups excluding carboxylic acids is 2. The Morgan fingerprint density at radius 1 is 1.12 bits per heavy atom. The lowest BCUT2D eigenvalue weighted by atomic mass is 9.91. The number of aryl methyl sites for hydroxylation is 2. The van der Waals surface area contributed by atoms with Crippen molar-refractivity contribution in [1.29, 1.82) is 0 Å². The van der Waals surface area contributed by atoms with Crippen LogP contribution in [0.2, 0.25) is 0 Å². The van der Waals surface area contributed by atoms with Crippen LogP contribution in [0.5, 0.6) is 5.75 Å². The van der Waals surface area contributed by atoms with Gasteiger partial charge in [0.1, 0.15) is 11.6 Å². The molecule has 1 atom stereocenters. The minimum absolute atomic E-state index is 0.0292. The van der Waals surface area contributed by atoms with Gasteiger partial charge in [0, 0.05) is 42.5 Å². The molecule has 3 heterocycles. The van der Waals surface area contributed by atoms with Gasteiger partial charge in [-0.1, -0.05) is 18.2 Å². The van der Waals surface area contributed by atoms with E-state index in [1.54, 1.807) is 24.4 Å². The molecule has 0 radical (unpaired) electrons. The van der Waals surface area contributed by atoms with Crippen LogP contribution in [0.25, 0.3) is 0 Å². The van der Waals surface area contributed by atoms with Crippen molar-refractivity contribution in [3.63, 3.8) is 0 Å². The van der Waals surface area contributed by atoms with Crippen LogP contribution in [0.1, 0.15) is 46.3 Å². The molecule has 1 aromatic heterocycles. The molecule has 7 heteroatoms. The molecule has 174 valence electrons. The maximum atomic E-state index is 13.4. The number of pyridine rings is 1. The standard InChI is InChI=1S/C27H28N4O3/c1-16-4-8-20(32)15-23(16)30-22-10-12-28-26-25(22)24(33)14-19-13-17(6-9-21(19)31-26)5-7-18-3-2-11-29-27(18)34/h4,6,8-10,12-13,15,18,32H,2-3,5,7,11,14H2,1H3,(H,29,34)(H2,28,30,31). The summed E-state index contributed by atoms with van der Waals surface area (Å²) < 4.78 is 0. The quantitative estimate of drug-likeness (QED) is 0.441. The molecule has 0 spiro atoms. The molecule has 1 unspecified atom stereocenters. The molecule has 1 amide bonds. The van der Waals surface area contributed by atoms with Crippen molar-refractivity contribution in [1.82, 2.24) is 10.3 Å². The fourth-order valence-electron chi connectivity index (χ4n) is 4.74. The van der Waals surface area contributed by atoms with Crippen LogP contribution >= 0.6 is 0 Å². The molecule has 0 saturated carbocycles. The Hall–Kier alpha value is -3.87. The summed E-state index contributed by atoms with van der Waals surface area (Å²) >= 11 is 0. The monoisotopic (exact) mass is 456 g/mol. The van der Waals surface area contributed by atoms with E-state index in [4.69, 9.17) is 0 Å². The third-order valence-corrected chi connectivity index (χ3v) is 6.67. The number of aromatic nitrogens is 1. The largest absolute Gasteiger partial charge is 0.508 e. The summed E-state index contributed by atoms with van der Waals surface area (Å²) in [6, 6.07) is 13.0. The Balaban J connectivity index is 1.38. The summed E-state index contributed by atoms with van der Waals surface area (Å²) in [5.74, 6) is 0.858. The molecule has 34 heavy (non-hydrogen) atoms. The number of ketones is 1. The number of rotatable bonds is 5. The predicted octanol–water partition coefficient (Wildman–Crippen LogP) is 4.78. The van der Waals surface area contributed by atoms with Gasteiger partial charge in [0.15, 0.2) is 5.78 Å². The Bertz CT molecular complexity index is 1270. The van der Waals surface area contributed by atoms with Gasteiger partial charge in [-0.05, 0) is 67.5 Å². The van der Waals surface area contributed by atoms with E-state index in [1.807, 2.05) is 19.1 Å². The molecule has 1 fully saturated rings. The fourth-order valence-corrected chi connectivity index (χ4v) is 4.74. The second-order valence-electron chi connectivity index (χ2n) is 9.09. The lowest BCUT2D eigenvalue weighted by molar-refractivity contribution is -0.126. The Labute approximate surface area is 198 Å². The van der Waals surface area contributed by atoms with Crippen LogP contribution in [0.15, 0.2) is 48.7 Å². The second kappa shape index (κ2) is 9.17. The Morgan fingerprint density at radius 2 is 2.00 bits per heavy atom. The number of aromatic hydroxyl groups is 1. The van der Waals surface area contributed by atoms with Gasteiger partial charge in [-0.2, -0.15) is 0 Å². The number of phenols is 1. The molecule has 3 aromatic rings. The Kier molecular flexibility index (Phi) is 5.92. The molecule has 2 aliphatic heterocycles. The average molecular weight is 457 g/mol. The number of Topliss-reactive ketones (excluding diaryl/α,β-unsaturated/α-hetero) is 1. The Morgan fingerprint density at radius 3 is 2.85 bits per heavy atom. The number of hydrogen-bond acceptors (Lipinski definition) is 6. The molecule has 1 saturated heterocycles. The first-order valence-electron chi connectivity index (χ1n) is 11.7. The van der Waals surface area contributed by atoms with Crippen LogP contribution < -0.4 is 16.0 Å². The molecule has 7 nitrogen and oxygen atoms in total. The lowest BCUT2D eigenvalue weighted by Crippen LogP contribution is -2.36. The van der Waals surface area contributed by atoms with Gasteiger partial charge in [-0.15, -0.1) is 0 Å². The normalized spacial score (nSPS) is 17.1. The third kappa shape index (κ3) is 4.46. The van der Waals surface area contributed by atoms with Gasteiger partial charge >= 0.3 is 0 Å². The van der Waals surface area contributed by atoms with Crippen molar-refractivity contribution < 1.29 is 14.7 Å². The maximum Gasteiger partial charge on any atom is 0.223 e. The molecular formula is C27H28N4O3. The van der Waals surface area contributed by atoms with Crippen molar-refractivity contribution in [2.75, 3.05) is 17.2 Å². The van der Waals surface area contributed by atoms with Crippen LogP contribution in [-0.4, -0.2) is 28.3 Å². The molecule has 0 bridgehead atoms. The number of benzene rings is 2. The highest BCUT2D eigenvalue weighted by molar-refractivity contribution is 6.09. The first-order chi connectivity index (χ1) is 16.5. The van der Waals surface area contributed by atoms with Crippen LogP contribution in [0.3, 0.4) is 0 Å². The van der Waals surface area contributed by atoms with E-state index in [-0.39, 0.29) is 29.8 Å². The summed E-state index contributed by atoms with van der Waals surface area (Å²) in [4.78, 5) is 29.9. The number of piperidine rings is 1. The van der Waals surface area contributed by atoms with Crippen LogP contribution in [-0.2, 0) is 17.6 Å². The number of fused-ring (bicyclic) bond motifs is 2. The SMILES string of the molecule is Cc1ccc(O)cc1Nc1ccnc2c1C(=O)Cc1cc(CCC3CCCNC3=O)ccc1N2. The summed E-state index contributed by atoms with van der Waals surface area (Å²) in [5.41, 5.74) is 5.75. The highest BCUT2D eigenvalue weighted by atomic mass is 16.3. The van der Waals surface area contributed by atoms with E-state index in [1.165, 1.54) is 0 Å². The third-order valence-electron chi connectivity index (χ3n) is 6.67. The minimum atomic E-state index is -0.0292. The zero-order chi connectivity index (χ0) is 23.7. The van der Waals surface area contributed by atoms with Crippen molar-refractivity contribution >= 4 is 34.6 Å². The summed E-state index contributed by atoms with van der Waals surface area (Å²) in [5, 5.41) is 19.5. The van der Waals surface area contributed by atoms with Crippen molar-refractivity contribution in [2.45, 2.75) is 39.0 Å². The molecule has 2 aliphatic rings. The van der Waals surface area contributed by atoms with E-state index >= 15 is 0 Å². The van der Waals surface area contributed by atoms with Crippen molar-refractivity contribution in [2.24, 2.45) is 5.92 Å². The average Bonchev–Trinajstić information content (AvgIpc) is 2.96. The number of anilines is 4. The fraction of sp³-hybridized carbons (Fsp3) is 0.296. The molecule has 2 aromatic carbocycles. The van der Waals surface area contributed by atoms with Gasteiger partial charge in [-0.25, -0.2) is 4.98 Å². The molecule has 4 N–H and O–H groups in total. The summed E-state index contributed by atoms with van der Waals surface area (Å²) in [7, 11) is 0.